The zero-order valence-electron chi connectivity index (χ0n) is 12.6. The van der Waals surface area contributed by atoms with Crippen LogP contribution in [0.2, 0.25) is 0 Å². The fourth-order valence-corrected chi connectivity index (χ4v) is 2.07. The van der Waals surface area contributed by atoms with Crippen LogP contribution in [0.3, 0.4) is 0 Å². The Labute approximate surface area is 120 Å². The van der Waals surface area contributed by atoms with Crippen LogP contribution in [0.25, 0.3) is 6.08 Å². The Hall–Kier alpha value is -1.81. The summed E-state index contributed by atoms with van der Waals surface area (Å²) in [6.07, 6.45) is 2.69. The summed E-state index contributed by atoms with van der Waals surface area (Å²) in [4.78, 5) is 13.0. The first-order valence-corrected chi connectivity index (χ1v) is 6.79. The Morgan fingerprint density at radius 1 is 1.45 bits per heavy atom. The fourth-order valence-electron chi connectivity index (χ4n) is 2.07. The van der Waals surface area contributed by atoms with Crippen molar-refractivity contribution in [2.75, 3.05) is 13.7 Å². The van der Waals surface area contributed by atoms with Crippen molar-refractivity contribution in [3.05, 3.63) is 35.4 Å². The largest absolute Gasteiger partial charge is 0.496 e. The number of methoxy groups -OCH3 is 1. The normalized spacial score (nSPS) is 11.5. The summed E-state index contributed by atoms with van der Waals surface area (Å²) in [6, 6.07) is 6.34. The number of carboxylic acid groups (broad SMARTS) is 1. The van der Waals surface area contributed by atoms with Crippen molar-refractivity contribution < 1.29 is 14.6 Å². The summed E-state index contributed by atoms with van der Waals surface area (Å²) in [6.45, 7) is 8.28. The lowest BCUT2D eigenvalue weighted by Crippen LogP contribution is -2.29. The molecule has 0 unspecified atom stereocenters. The molecular formula is C16H23NO3. The van der Waals surface area contributed by atoms with Crippen LogP contribution >= 0.6 is 0 Å². The van der Waals surface area contributed by atoms with Crippen LogP contribution in [0.5, 0.6) is 5.75 Å². The third-order valence-electron chi connectivity index (χ3n) is 3.22. The molecule has 4 heteroatoms. The highest BCUT2D eigenvalue weighted by Crippen LogP contribution is 2.22. The summed E-state index contributed by atoms with van der Waals surface area (Å²) in [5, 5.41) is 8.73. The second-order valence-electron chi connectivity index (χ2n) is 4.90. The lowest BCUT2D eigenvalue weighted by Gasteiger charge is -2.25. The predicted octanol–water partition coefficient (Wildman–Crippen LogP) is 3.02. The van der Waals surface area contributed by atoms with Crippen LogP contribution in [0, 0.1) is 0 Å². The highest BCUT2D eigenvalue weighted by molar-refractivity contribution is 5.85. The summed E-state index contributed by atoms with van der Waals surface area (Å²) >= 11 is 0. The van der Waals surface area contributed by atoms with Gasteiger partial charge in [0.1, 0.15) is 5.75 Å². The predicted molar refractivity (Wildman–Crippen MR) is 80.9 cm³/mol. The third kappa shape index (κ3) is 4.70. The van der Waals surface area contributed by atoms with E-state index in [1.165, 1.54) is 0 Å². The molecule has 4 nitrogen and oxygen atoms in total. The Morgan fingerprint density at radius 2 is 2.15 bits per heavy atom. The highest BCUT2D eigenvalue weighted by Gasteiger charge is 2.09. The van der Waals surface area contributed by atoms with Crippen molar-refractivity contribution in [3.8, 4) is 5.75 Å². The number of aliphatic carboxylic acids is 1. The molecule has 0 amide bonds. The molecule has 0 aliphatic heterocycles. The average Bonchev–Trinajstić information content (AvgIpc) is 2.42. The summed E-state index contributed by atoms with van der Waals surface area (Å²) in [5.74, 6) is -0.284. The van der Waals surface area contributed by atoms with E-state index in [2.05, 4.69) is 25.7 Å². The molecule has 1 aromatic rings. The molecule has 0 aliphatic carbocycles. The molecule has 1 aromatic carbocycles. The van der Waals surface area contributed by atoms with E-state index in [1.54, 1.807) is 13.2 Å². The van der Waals surface area contributed by atoms with Crippen molar-refractivity contribution in [2.45, 2.75) is 33.4 Å². The van der Waals surface area contributed by atoms with Gasteiger partial charge in [-0.1, -0.05) is 13.0 Å². The van der Waals surface area contributed by atoms with Crippen LogP contribution < -0.4 is 4.74 Å². The number of nitrogens with zero attached hydrogens (tertiary/aromatic N) is 1. The van der Waals surface area contributed by atoms with Gasteiger partial charge in [0.15, 0.2) is 0 Å². The van der Waals surface area contributed by atoms with Crippen molar-refractivity contribution >= 4 is 12.0 Å². The van der Waals surface area contributed by atoms with Gasteiger partial charge in [-0.25, -0.2) is 4.79 Å². The van der Waals surface area contributed by atoms with Gasteiger partial charge in [0.05, 0.1) is 7.11 Å². The van der Waals surface area contributed by atoms with Gasteiger partial charge in [0, 0.05) is 24.2 Å². The van der Waals surface area contributed by atoms with Gasteiger partial charge in [-0.2, -0.15) is 0 Å². The van der Waals surface area contributed by atoms with Crippen LogP contribution in [0.15, 0.2) is 24.3 Å². The summed E-state index contributed by atoms with van der Waals surface area (Å²) in [7, 11) is 1.58. The van der Waals surface area contributed by atoms with Crippen LogP contribution in [-0.2, 0) is 11.3 Å². The molecule has 0 heterocycles. The first-order valence-electron chi connectivity index (χ1n) is 6.79. The monoisotopic (exact) mass is 277 g/mol. The Kier molecular flexibility index (Phi) is 6.25. The van der Waals surface area contributed by atoms with E-state index in [1.807, 2.05) is 18.2 Å². The van der Waals surface area contributed by atoms with E-state index in [-0.39, 0.29) is 0 Å². The highest BCUT2D eigenvalue weighted by atomic mass is 16.5. The third-order valence-corrected chi connectivity index (χ3v) is 3.22. The van der Waals surface area contributed by atoms with Gasteiger partial charge in [-0.15, -0.1) is 0 Å². The van der Waals surface area contributed by atoms with Gasteiger partial charge >= 0.3 is 5.97 Å². The molecule has 0 aromatic heterocycles. The second kappa shape index (κ2) is 7.70. The van der Waals surface area contributed by atoms with Crippen LogP contribution in [0.4, 0.5) is 0 Å². The molecule has 0 saturated heterocycles. The number of hydrogen-bond donors (Lipinski definition) is 1. The molecule has 0 atom stereocenters. The minimum Gasteiger partial charge on any atom is -0.496 e. The Balaban J connectivity index is 2.99. The molecule has 1 rings (SSSR count). The van der Waals surface area contributed by atoms with E-state index in [9.17, 15) is 4.79 Å². The minimum absolute atomic E-state index is 0.472. The fraction of sp³-hybridized carbons (Fsp3) is 0.438. The molecule has 0 bridgehead atoms. The number of ether oxygens (including phenoxy) is 1. The maximum atomic E-state index is 10.6. The summed E-state index contributed by atoms with van der Waals surface area (Å²) in [5.41, 5.74) is 1.93. The topological polar surface area (TPSA) is 49.8 Å². The van der Waals surface area contributed by atoms with Crippen molar-refractivity contribution in [1.29, 1.82) is 0 Å². The van der Waals surface area contributed by atoms with Crippen LogP contribution in [0.1, 0.15) is 31.9 Å². The lowest BCUT2D eigenvalue weighted by molar-refractivity contribution is -0.131. The van der Waals surface area contributed by atoms with Gasteiger partial charge in [0.25, 0.3) is 0 Å². The molecule has 0 fully saturated rings. The molecule has 0 radical (unpaired) electrons. The molecule has 0 saturated carbocycles. The zero-order valence-corrected chi connectivity index (χ0v) is 12.6. The SMILES string of the molecule is CCN(Cc1ccc(OC)c(C=CC(=O)O)c1)C(C)C. The van der Waals surface area contributed by atoms with E-state index in [0.29, 0.717) is 11.8 Å². The Morgan fingerprint density at radius 3 is 2.65 bits per heavy atom. The van der Waals surface area contributed by atoms with Crippen LogP contribution in [-0.4, -0.2) is 35.7 Å². The zero-order chi connectivity index (χ0) is 15.1. The molecule has 0 aliphatic rings. The number of carbonyl (C=O) groups is 1. The standard InChI is InChI=1S/C16H23NO3/c1-5-17(12(2)3)11-13-6-8-15(20-4)14(10-13)7-9-16(18)19/h6-10,12H,5,11H2,1-4H3,(H,18,19). The molecule has 1 N–H and O–H groups in total. The number of carboxylic acids is 1. The maximum Gasteiger partial charge on any atom is 0.328 e. The molecular weight excluding hydrogens is 254 g/mol. The van der Waals surface area contributed by atoms with Gasteiger partial charge < -0.3 is 9.84 Å². The number of benzene rings is 1. The van der Waals surface area contributed by atoms with E-state index < -0.39 is 5.97 Å². The quantitative estimate of drug-likeness (QED) is 0.778. The minimum atomic E-state index is -0.963. The molecule has 0 spiro atoms. The number of rotatable bonds is 7. The van der Waals surface area contributed by atoms with E-state index >= 15 is 0 Å². The van der Waals surface area contributed by atoms with Crippen molar-refractivity contribution in [2.24, 2.45) is 0 Å². The lowest BCUT2D eigenvalue weighted by atomic mass is 10.1. The van der Waals surface area contributed by atoms with Crippen molar-refractivity contribution in [3.63, 3.8) is 0 Å². The van der Waals surface area contributed by atoms with Gasteiger partial charge in [-0.3, -0.25) is 4.90 Å². The number of hydrogen-bond acceptors (Lipinski definition) is 3. The summed E-state index contributed by atoms with van der Waals surface area (Å²) < 4.78 is 5.25. The smallest absolute Gasteiger partial charge is 0.328 e. The molecule has 110 valence electrons. The van der Waals surface area contributed by atoms with Gasteiger partial charge in [-0.05, 0) is 44.2 Å². The van der Waals surface area contributed by atoms with E-state index in [4.69, 9.17) is 9.84 Å². The first kappa shape index (κ1) is 16.2. The average molecular weight is 277 g/mol. The maximum absolute atomic E-state index is 10.6. The van der Waals surface area contributed by atoms with Crippen molar-refractivity contribution in [1.82, 2.24) is 4.90 Å². The Bertz CT molecular complexity index is 481. The van der Waals surface area contributed by atoms with E-state index in [0.717, 1.165) is 30.3 Å². The molecule has 20 heavy (non-hydrogen) atoms. The second-order valence-corrected chi connectivity index (χ2v) is 4.90. The first-order chi connectivity index (χ1) is 9.47. The van der Waals surface area contributed by atoms with Gasteiger partial charge in [0.2, 0.25) is 0 Å².